The molecule has 1 aromatic carbocycles. The van der Waals surface area contributed by atoms with Crippen molar-refractivity contribution in [2.24, 2.45) is 4.99 Å². The zero-order valence-electron chi connectivity index (χ0n) is 12.8. The maximum absolute atomic E-state index is 12.1. The highest BCUT2D eigenvalue weighted by atomic mass is 127. The second-order valence-electron chi connectivity index (χ2n) is 5.32. The Balaban J connectivity index is 0.00000264. The van der Waals surface area contributed by atoms with Crippen LogP contribution in [0.15, 0.2) is 40.2 Å². The van der Waals surface area contributed by atoms with Crippen molar-refractivity contribution in [2.45, 2.75) is 35.1 Å². The van der Waals surface area contributed by atoms with Crippen LogP contribution in [-0.2, 0) is 0 Å². The summed E-state index contributed by atoms with van der Waals surface area (Å²) in [6, 6.07) is 10.1. The Bertz CT molecular complexity index is 504. The molecule has 1 aliphatic rings. The predicted molar refractivity (Wildman–Crippen MR) is 99.7 cm³/mol. The van der Waals surface area contributed by atoms with E-state index in [4.69, 9.17) is 0 Å². The summed E-state index contributed by atoms with van der Waals surface area (Å²) in [4.78, 5) is 5.17. The minimum atomic E-state index is -4.15. The summed E-state index contributed by atoms with van der Waals surface area (Å²) < 4.78 is 36.5. The minimum absolute atomic E-state index is 0. The SMILES string of the molecule is CN=C(NCCC(F)(F)F)NCC1(Sc2ccccc2)CC1.I. The molecule has 130 valence electrons. The molecule has 0 bridgehead atoms. The lowest BCUT2D eigenvalue weighted by Gasteiger charge is -2.18. The van der Waals surface area contributed by atoms with Gasteiger partial charge >= 0.3 is 6.18 Å². The van der Waals surface area contributed by atoms with Gasteiger partial charge in [-0.05, 0) is 25.0 Å². The van der Waals surface area contributed by atoms with E-state index in [1.165, 1.54) is 4.90 Å². The molecule has 0 spiro atoms. The van der Waals surface area contributed by atoms with Crippen molar-refractivity contribution in [2.75, 3.05) is 20.1 Å². The quantitative estimate of drug-likeness (QED) is 0.383. The molecule has 8 heteroatoms. The van der Waals surface area contributed by atoms with E-state index >= 15 is 0 Å². The highest BCUT2D eigenvalue weighted by Crippen LogP contribution is 2.51. The number of thioether (sulfide) groups is 1. The van der Waals surface area contributed by atoms with Crippen molar-refractivity contribution in [1.29, 1.82) is 0 Å². The normalized spacial score (nSPS) is 16.4. The second kappa shape index (κ2) is 9.00. The Morgan fingerprint density at radius 3 is 2.39 bits per heavy atom. The van der Waals surface area contributed by atoms with Crippen molar-refractivity contribution in [1.82, 2.24) is 10.6 Å². The number of rotatable bonds is 6. The fourth-order valence-electron chi connectivity index (χ4n) is 1.98. The Morgan fingerprint density at radius 2 is 1.87 bits per heavy atom. The molecule has 0 aliphatic heterocycles. The van der Waals surface area contributed by atoms with Gasteiger partial charge in [0.05, 0.1) is 6.42 Å². The number of hydrogen-bond acceptors (Lipinski definition) is 2. The molecule has 0 amide bonds. The lowest BCUT2D eigenvalue weighted by atomic mass is 10.4. The highest BCUT2D eigenvalue weighted by molar-refractivity contribution is 14.0. The molecule has 0 unspecified atom stereocenters. The fraction of sp³-hybridized carbons (Fsp3) is 0.533. The van der Waals surface area contributed by atoms with E-state index in [0.717, 1.165) is 12.8 Å². The summed E-state index contributed by atoms with van der Waals surface area (Å²) in [7, 11) is 1.56. The van der Waals surface area contributed by atoms with Crippen LogP contribution in [0.4, 0.5) is 13.2 Å². The third kappa shape index (κ3) is 7.65. The van der Waals surface area contributed by atoms with E-state index in [2.05, 4.69) is 27.8 Å². The molecule has 1 saturated carbocycles. The topological polar surface area (TPSA) is 36.4 Å². The van der Waals surface area contributed by atoms with E-state index in [9.17, 15) is 13.2 Å². The molecule has 0 aromatic heterocycles. The van der Waals surface area contributed by atoms with Gasteiger partial charge in [-0.3, -0.25) is 4.99 Å². The van der Waals surface area contributed by atoms with Crippen molar-refractivity contribution >= 4 is 41.7 Å². The van der Waals surface area contributed by atoms with Crippen LogP contribution in [-0.4, -0.2) is 37.0 Å². The summed E-state index contributed by atoms with van der Waals surface area (Å²) in [5, 5.41) is 5.83. The van der Waals surface area contributed by atoms with Crippen LogP contribution in [0.2, 0.25) is 0 Å². The Kier molecular flexibility index (Phi) is 7.99. The number of nitrogens with zero attached hydrogens (tertiary/aromatic N) is 1. The zero-order chi connectivity index (χ0) is 16.1. The Labute approximate surface area is 155 Å². The lowest BCUT2D eigenvalue weighted by molar-refractivity contribution is -0.132. The van der Waals surface area contributed by atoms with Crippen LogP contribution in [0.25, 0.3) is 0 Å². The van der Waals surface area contributed by atoms with Gasteiger partial charge in [0, 0.05) is 29.8 Å². The number of guanidine groups is 1. The number of halogens is 4. The lowest BCUT2D eigenvalue weighted by Crippen LogP contribution is -2.42. The van der Waals surface area contributed by atoms with E-state index in [1.807, 2.05) is 30.0 Å². The number of nitrogens with one attached hydrogen (secondary N) is 2. The fourth-order valence-corrected chi connectivity index (χ4v) is 3.22. The molecular weight excluding hydrogens is 438 g/mol. The van der Waals surface area contributed by atoms with Gasteiger partial charge in [-0.15, -0.1) is 35.7 Å². The van der Waals surface area contributed by atoms with Crippen molar-refractivity contribution < 1.29 is 13.2 Å². The number of alkyl halides is 3. The summed E-state index contributed by atoms with van der Waals surface area (Å²) in [5.74, 6) is 0.421. The highest BCUT2D eigenvalue weighted by Gasteiger charge is 2.43. The maximum Gasteiger partial charge on any atom is 0.390 e. The second-order valence-corrected chi connectivity index (χ2v) is 6.86. The molecular formula is C15H21F3IN3S. The van der Waals surface area contributed by atoms with Gasteiger partial charge in [0.1, 0.15) is 0 Å². The van der Waals surface area contributed by atoms with Crippen LogP contribution < -0.4 is 10.6 Å². The average molecular weight is 459 g/mol. The van der Waals surface area contributed by atoms with Crippen LogP contribution >= 0.6 is 35.7 Å². The molecule has 23 heavy (non-hydrogen) atoms. The van der Waals surface area contributed by atoms with Crippen LogP contribution in [0, 0.1) is 0 Å². The summed E-state index contributed by atoms with van der Waals surface area (Å²) in [6.45, 7) is 0.528. The zero-order valence-corrected chi connectivity index (χ0v) is 16.0. The smallest absolute Gasteiger partial charge is 0.356 e. The summed E-state index contributed by atoms with van der Waals surface area (Å²) in [6.07, 6.45) is -2.82. The first-order valence-electron chi connectivity index (χ1n) is 7.18. The predicted octanol–water partition coefficient (Wildman–Crippen LogP) is 4.05. The first kappa shape index (κ1) is 20.4. The monoisotopic (exact) mass is 459 g/mol. The van der Waals surface area contributed by atoms with Crippen LogP contribution in [0.5, 0.6) is 0 Å². The van der Waals surface area contributed by atoms with Gasteiger partial charge in [0.15, 0.2) is 5.96 Å². The number of hydrogen-bond donors (Lipinski definition) is 2. The summed E-state index contributed by atoms with van der Waals surface area (Å²) in [5.41, 5.74) is 0. The van der Waals surface area contributed by atoms with Gasteiger partial charge in [-0.2, -0.15) is 13.2 Å². The van der Waals surface area contributed by atoms with E-state index < -0.39 is 12.6 Å². The molecule has 1 aromatic rings. The molecule has 0 saturated heterocycles. The average Bonchev–Trinajstić information content (AvgIpc) is 3.22. The molecule has 0 radical (unpaired) electrons. The number of aliphatic imine (C=N–C) groups is 1. The Morgan fingerprint density at radius 1 is 1.22 bits per heavy atom. The van der Waals surface area contributed by atoms with E-state index in [-0.39, 0.29) is 35.3 Å². The van der Waals surface area contributed by atoms with Gasteiger partial charge in [0.25, 0.3) is 0 Å². The van der Waals surface area contributed by atoms with Gasteiger partial charge in [-0.1, -0.05) is 18.2 Å². The molecule has 3 nitrogen and oxygen atoms in total. The van der Waals surface area contributed by atoms with Gasteiger partial charge in [0.2, 0.25) is 0 Å². The number of benzene rings is 1. The van der Waals surface area contributed by atoms with Crippen LogP contribution in [0.3, 0.4) is 0 Å². The molecule has 2 N–H and O–H groups in total. The van der Waals surface area contributed by atoms with Crippen LogP contribution in [0.1, 0.15) is 19.3 Å². The van der Waals surface area contributed by atoms with Crippen molar-refractivity contribution in [3.05, 3.63) is 30.3 Å². The molecule has 0 atom stereocenters. The van der Waals surface area contributed by atoms with Gasteiger partial charge in [-0.25, -0.2) is 0 Å². The van der Waals surface area contributed by atoms with Gasteiger partial charge < -0.3 is 10.6 Å². The molecule has 2 rings (SSSR count). The molecule has 1 fully saturated rings. The third-order valence-corrected chi connectivity index (χ3v) is 4.88. The maximum atomic E-state index is 12.1. The summed E-state index contributed by atoms with van der Waals surface area (Å²) >= 11 is 1.81. The molecule has 0 heterocycles. The standard InChI is InChI=1S/C15H20F3N3S.HI/c1-19-13(20-10-9-15(16,17)18)21-11-14(7-8-14)22-12-5-3-2-4-6-12;/h2-6H,7-11H2,1H3,(H2,19,20,21);1H. The molecule has 1 aliphatic carbocycles. The first-order valence-corrected chi connectivity index (χ1v) is 7.99. The van der Waals surface area contributed by atoms with E-state index in [1.54, 1.807) is 7.05 Å². The largest absolute Gasteiger partial charge is 0.390 e. The Hall–Kier alpha value is -0.640. The minimum Gasteiger partial charge on any atom is -0.356 e. The first-order chi connectivity index (χ1) is 10.4. The van der Waals surface area contributed by atoms with Crippen molar-refractivity contribution in [3.63, 3.8) is 0 Å². The van der Waals surface area contributed by atoms with Crippen molar-refractivity contribution in [3.8, 4) is 0 Å². The third-order valence-electron chi connectivity index (χ3n) is 3.39. The van der Waals surface area contributed by atoms with E-state index in [0.29, 0.717) is 12.5 Å².